The van der Waals surface area contributed by atoms with Crippen LogP contribution in [0.1, 0.15) is 43.5 Å². The Hall–Kier alpha value is -2.67. The van der Waals surface area contributed by atoms with E-state index in [4.69, 9.17) is 0 Å². The highest BCUT2D eigenvalue weighted by Crippen LogP contribution is 2.24. The molecule has 2 aliphatic heterocycles. The monoisotopic (exact) mass is 423 g/mol. The summed E-state index contributed by atoms with van der Waals surface area (Å²) in [4.78, 5) is 29.3. The van der Waals surface area contributed by atoms with Crippen LogP contribution in [0.15, 0.2) is 30.3 Å². The Bertz CT molecular complexity index is 910. The first-order valence-electron chi connectivity index (χ1n) is 11.4. The molecule has 0 spiro atoms. The second-order valence-electron chi connectivity index (χ2n) is 8.85. The van der Waals surface area contributed by atoms with Gasteiger partial charge in [-0.05, 0) is 70.7 Å². The number of hydrogen-bond acceptors (Lipinski definition) is 4. The normalized spacial score (nSPS) is 17.8. The average molecular weight is 424 g/mol. The predicted molar refractivity (Wildman–Crippen MR) is 121 cm³/mol. The summed E-state index contributed by atoms with van der Waals surface area (Å²) in [5.74, 6) is 0.751. The van der Waals surface area contributed by atoms with E-state index in [0.717, 1.165) is 74.6 Å². The van der Waals surface area contributed by atoms with Gasteiger partial charge in [0.2, 0.25) is 11.8 Å². The number of aryl methyl sites for hydroxylation is 1. The molecule has 0 aliphatic carbocycles. The quantitative estimate of drug-likeness (QED) is 0.775. The number of hydrogen-bond donors (Lipinski definition) is 1. The largest absolute Gasteiger partial charge is 0.343 e. The van der Waals surface area contributed by atoms with E-state index < -0.39 is 0 Å². The van der Waals surface area contributed by atoms with Gasteiger partial charge in [0.25, 0.3) is 0 Å². The van der Waals surface area contributed by atoms with E-state index in [1.165, 1.54) is 0 Å². The molecule has 1 N–H and O–H groups in total. The number of anilines is 1. The first-order valence-corrected chi connectivity index (χ1v) is 11.4. The minimum absolute atomic E-state index is 0.00888. The molecule has 0 saturated carbocycles. The molecule has 2 saturated heterocycles. The molecule has 31 heavy (non-hydrogen) atoms. The highest BCUT2D eigenvalue weighted by atomic mass is 16.2. The molecule has 2 amide bonds. The Morgan fingerprint density at radius 2 is 1.71 bits per heavy atom. The lowest BCUT2D eigenvalue weighted by Gasteiger charge is -2.31. The summed E-state index contributed by atoms with van der Waals surface area (Å²) in [5, 5.41) is 7.67. The lowest BCUT2D eigenvalue weighted by molar-refractivity contribution is -0.131. The molecular weight excluding hydrogens is 390 g/mol. The van der Waals surface area contributed by atoms with Crippen molar-refractivity contribution < 1.29 is 9.59 Å². The number of benzene rings is 1. The lowest BCUT2D eigenvalue weighted by Crippen LogP contribution is -2.40. The van der Waals surface area contributed by atoms with Crippen LogP contribution in [0.5, 0.6) is 0 Å². The number of nitrogens with zero attached hydrogens (tertiary/aromatic N) is 4. The van der Waals surface area contributed by atoms with E-state index in [0.29, 0.717) is 24.8 Å². The van der Waals surface area contributed by atoms with Gasteiger partial charge in [0.1, 0.15) is 0 Å². The van der Waals surface area contributed by atoms with Crippen molar-refractivity contribution in [3.05, 3.63) is 41.7 Å². The molecule has 2 fully saturated rings. The Morgan fingerprint density at radius 1 is 1.03 bits per heavy atom. The highest BCUT2D eigenvalue weighted by Gasteiger charge is 2.26. The number of para-hydroxylation sites is 1. The molecule has 2 aliphatic rings. The van der Waals surface area contributed by atoms with Gasteiger partial charge >= 0.3 is 0 Å². The maximum atomic E-state index is 12.7. The summed E-state index contributed by atoms with van der Waals surface area (Å²) >= 11 is 0. The third kappa shape index (κ3) is 5.15. The van der Waals surface area contributed by atoms with Gasteiger partial charge in [-0.25, -0.2) is 4.68 Å². The molecule has 2 aromatic rings. The van der Waals surface area contributed by atoms with Crippen molar-refractivity contribution >= 4 is 17.5 Å². The molecule has 4 rings (SSSR count). The number of rotatable bonds is 6. The van der Waals surface area contributed by atoms with E-state index in [9.17, 15) is 9.59 Å². The van der Waals surface area contributed by atoms with Crippen molar-refractivity contribution in [1.82, 2.24) is 19.6 Å². The number of nitrogens with one attached hydrogen (secondary N) is 1. The van der Waals surface area contributed by atoms with E-state index >= 15 is 0 Å². The number of likely N-dealkylation sites (tertiary alicyclic amines) is 2. The van der Waals surface area contributed by atoms with Crippen molar-refractivity contribution in [3.8, 4) is 5.69 Å². The summed E-state index contributed by atoms with van der Waals surface area (Å²) in [6, 6.07) is 9.94. The van der Waals surface area contributed by atoms with Crippen molar-refractivity contribution in [2.24, 2.45) is 5.92 Å². The van der Waals surface area contributed by atoms with Gasteiger partial charge in [-0.15, -0.1) is 0 Å². The summed E-state index contributed by atoms with van der Waals surface area (Å²) in [7, 11) is 0. The third-order valence-corrected chi connectivity index (χ3v) is 6.55. The topological polar surface area (TPSA) is 70.5 Å². The Labute approximate surface area is 184 Å². The molecule has 0 unspecified atom stereocenters. The molecule has 0 atom stereocenters. The highest BCUT2D eigenvalue weighted by molar-refractivity contribution is 5.93. The Balaban J connectivity index is 1.27. The van der Waals surface area contributed by atoms with Crippen molar-refractivity contribution in [3.63, 3.8) is 0 Å². The molecule has 166 valence electrons. The fraction of sp³-hybridized carbons (Fsp3) is 0.542. The van der Waals surface area contributed by atoms with Gasteiger partial charge in [0.15, 0.2) is 0 Å². The number of carbonyl (C=O) groups is 2. The molecule has 1 aromatic carbocycles. The SMILES string of the molecule is Cc1nn(-c2ccccc2)c(C)c1NC(=O)CN1CCC(CC(=O)N2CCCC2)CC1. The first-order chi connectivity index (χ1) is 15.0. The van der Waals surface area contributed by atoms with Crippen molar-refractivity contribution in [2.75, 3.05) is 38.0 Å². The summed E-state index contributed by atoms with van der Waals surface area (Å²) in [5.41, 5.74) is 3.51. The zero-order valence-corrected chi connectivity index (χ0v) is 18.6. The maximum Gasteiger partial charge on any atom is 0.238 e. The molecular formula is C24H33N5O2. The number of carbonyl (C=O) groups excluding carboxylic acids is 2. The summed E-state index contributed by atoms with van der Waals surface area (Å²) in [6.07, 6.45) is 4.91. The first kappa shape index (κ1) is 21.6. The van der Waals surface area contributed by atoms with Crippen LogP contribution in [-0.4, -0.2) is 64.1 Å². The molecule has 0 radical (unpaired) electrons. The lowest BCUT2D eigenvalue weighted by atomic mass is 9.93. The van der Waals surface area contributed by atoms with Crippen LogP contribution < -0.4 is 5.32 Å². The summed E-state index contributed by atoms with van der Waals surface area (Å²) in [6.45, 7) is 7.87. The molecule has 0 bridgehead atoms. The molecule has 3 heterocycles. The number of piperidine rings is 1. The van der Waals surface area contributed by atoms with Crippen LogP contribution in [0.3, 0.4) is 0 Å². The van der Waals surface area contributed by atoms with Crippen LogP contribution in [0.2, 0.25) is 0 Å². The van der Waals surface area contributed by atoms with Gasteiger partial charge in [-0.2, -0.15) is 5.10 Å². The zero-order valence-electron chi connectivity index (χ0n) is 18.6. The fourth-order valence-corrected chi connectivity index (χ4v) is 4.72. The minimum Gasteiger partial charge on any atom is -0.343 e. The second kappa shape index (κ2) is 9.64. The van der Waals surface area contributed by atoms with E-state index in [-0.39, 0.29) is 5.91 Å². The van der Waals surface area contributed by atoms with Gasteiger partial charge in [-0.1, -0.05) is 18.2 Å². The van der Waals surface area contributed by atoms with Crippen LogP contribution in [0.25, 0.3) is 5.69 Å². The van der Waals surface area contributed by atoms with E-state index in [1.54, 1.807) is 0 Å². The molecule has 1 aromatic heterocycles. The average Bonchev–Trinajstić information content (AvgIpc) is 3.40. The molecule has 7 heteroatoms. The third-order valence-electron chi connectivity index (χ3n) is 6.55. The van der Waals surface area contributed by atoms with Crippen LogP contribution in [-0.2, 0) is 9.59 Å². The fourth-order valence-electron chi connectivity index (χ4n) is 4.72. The Kier molecular flexibility index (Phi) is 6.70. The van der Waals surface area contributed by atoms with Crippen molar-refractivity contribution in [2.45, 2.75) is 46.0 Å². The van der Waals surface area contributed by atoms with Gasteiger partial charge < -0.3 is 10.2 Å². The predicted octanol–water partition coefficient (Wildman–Crippen LogP) is 3.15. The maximum absolute atomic E-state index is 12.7. The van der Waals surface area contributed by atoms with E-state index in [1.807, 2.05) is 53.8 Å². The number of amides is 2. The van der Waals surface area contributed by atoms with Crippen molar-refractivity contribution in [1.29, 1.82) is 0 Å². The van der Waals surface area contributed by atoms with E-state index in [2.05, 4.69) is 15.3 Å². The van der Waals surface area contributed by atoms with Gasteiger partial charge in [0.05, 0.1) is 29.3 Å². The van der Waals surface area contributed by atoms with Crippen LogP contribution >= 0.6 is 0 Å². The standard InChI is InChI=1S/C24H33N5O2/c1-18-24(19(2)29(26-18)21-8-4-3-5-9-21)25-22(30)17-27-14-10-20(11-15-27)16-23(31)28-12-6-7-13-28/h3-5,8-9,20H,6-7,10-17H2,1-2H3,(H,25,30). The van der Waals surface area contributed by atoms with Crippen LogP contribution in [0, 0.1) is 19.8 Å². The van der Waals surface area contributed by atoms with Gasteiger partial charge in [-0.3, -0.25) is 14.5 Å². The van der Waals surface area contributed by atoms with Gasteiger partial charge in [0, 0.05) is 19.5 Å². The number of aromatic nitrogens is 2. The minimum atomic E-state index is -0.00888. The molecule has 7 nitrogen and oxygen atoms in total. The smallest absolute Gasteiger partial charge is 0.238 e. The second-order valence-corrected chi connectivity index (χ2v) is 8.85. The zero-order chi connectivity index (χ0) is 21.8. The Morgan fingerprint density at radius 3 is 2.39 bits per heavy atom. The van der Waals surface area contributed by atoms with Crippen LogP contribution in [0.4, 0.5) is 5.69 Å². The summed E-state index contributed by atoms with van der Waals surface area (Å²) < 4.78 is 1.87.